The number of carbonyl (C=O) groups is 1. The van der Waals surface area contributed by atoms with Gasteiger partial charge in [0.2, 0.25) is 0 Å². The van der Waals surface area contributed by atoms with Gasteiger partial charge < -0.3 is 14.2 Å². The summed E-state index contributed by atoms with van der Waals surface area (Å²) in [5.74, 6) is 1.57. The smallest absolute Gasteiger partial charge is 0.172 e. The van der Waals surface area contributed by atoms with E-state index in [0.29, 0.717) is 29.4 Å². The highest BCUT2D eigenvalue weighted by molar-refractivity contribution is 6.02. The third kappa shape index (κ3) is 4.93. The minimum Gasteiger partial charge on any atom is -0.493 e. The summed E-state index contributed by atoms with van der Waals surface area (Å²) in [4.78, 5) is 12.6. The molecular formula is C18H28O4. The zero-order valence-electron chi connectivity index (χ0n) is 14.7. The van der Waals surface area contributed by atoms with E-state index in [1.54, 1.807) is 12.1 Å². The monoisotopic (exact) mass is 308 g/mol. The standard InChI is InChI=1S/C18H28O4/c1-8-20-15-9-14(21-12(4)5)10-16(22-13(6)7)17(15)18(19)11(2)3/h9-13H,8H2,1-7H3. The van der Waals surface area contributed by atoms with E-state index in [0.717, 1.165) is 0 Å². The van der Waals surface area contributed by atoms with E-state index in [1.807, 2.05) is 48.5 Å². The van der Waals surface area contributed by atoms with Gasteiger partial charge in [0.1, 0.15) is 22.8 Å². The van der Waals surface area contributed by atoms with E-state index in [4.69, 9.17) is 14.2 Å². The van der Waals surface area contributed by atoms with Crippen molar-refractivity contribution in [1.82, 2.24) is 0 Å². The summed E-state index contributed by atoms with van der Waals surface area (Å²) in [6.07, 6.45) is -0.00415. The van der Waals surface area contributed by atoms with Gasteiger partial charge in [0.25, 0.3) is 0 Å². The molecule has 4 heteroatoms. The Hall–Kier alpha value is -1.71. The van der Waals surface area contributed by atoms with E-state index >= 15 is 0 Å². The van der Waals surface area contributed by atoms with Gasteiger partial charge in [0.15, 0.2) is 5.78 Å². The number of rotatable bonds is 8. The molecule has 0 unspecified atom stereocenters. The van der Waals surface area contributed by atoms with Crippen LogP contribution in [0.3, 0.4) is 0 Å². The van der Waals surface area contributed by atoms with Gasteiger partial charge >= 0.3 is 0 Å². The van der Waals surface area contributed by atoms with Gasteiger partial charge in [-0.05, 0) is 34.6 Å². The second kappa shape index (κ2) is 8.06. The highest BCUT2D eigenvalue weighted by atomic mass is 16.5. The molecule has 0 bridgehead atoms. The molecule has 0 aliphatic carbocycles. The van der Waals surface area contributed by atoms with Gasteiger partial charge in [0.05, 0.1) is 18.8 Å². The van der Waals surface area contributed by atoms with Crippen molar-refractivity contribution in [2.45, 2.75) is 60.7 Å². The van der Waals surface area contributed by atoms with Crippen molar-refractivity contribution in [2.75, 3.05) is 6.61 Å². The van der Waals surface area contributed by atoms with E-state index in [9.17, 15) is 4.79 Å². The molecule has 0 atom stereocenters. The summed E-state index contributed by atoms with van der Waals surface area (Å²) in [6.45, 7) is 13.9. The Morgan fingerprint density at radius 1 is 0.955 bits per heavy atom. The summed E-state index contributed by atoms with van der Waals surface area (Å²) < 4.78 is 17.3. The molecule has 0 aliphatic rings. The molecule has 0 N–H and O–H groups in total. The van der Waals surface area contributed by atoms with Gasteiger partial charge in [-0.1, -0.05) is 13.8 Å². The zero-order chi connectivity index (χ0) is 16.9. The summed E-state index contributed by atoms with van der Waals surface area (Å²) >= 11 is 0. The lowest BCUT2D eigenvalue weighted by atomic mass is 9.99. The topological polar surface area (TPSA) is 44.8 Å². The normalized spacial score (nSPS) is 11.2. The molecule has 0 amide bonds. The Labute approximate surface area is 133 Å². The van der Waals surface area contributed by atoms with Crippen LogP contribution in [0.1, 0.15) is 58.8 Å². The predicted molar refractivity (Wildman–Crippen MR) is 88.3 cm³/mol. The number of benzene rings is 1. The van der Waals surface area contributed by atoms with E-state index in [1.165, 1.54) is 0 Å². The Bertz CT molecular complexity index is 504. The van der Waals surface area contributed by atoms with Crippen LogP contribution in [0.25, 0.3) is 0 Å². The third-order valence-electron chi connectivity index (χ3n) is 2.84. The molecule has 22 heavy (non-hydrogen) atoms. The number of hydrogen-bond acceptors (Lipinski definition) is 4. The summed E-state index contributed by atoms with van der Waals surface area (Å²) in [5, 5.41) is 0. The van der Waals surface area contributed by atoms with Crippen LogP contribution in [0.15, 0.2) is 12.1 Å². The first-order valence-corrected chi connectivity index (χ1v) is 7.94. The first-order chi connectivity index (χ1) is 10.3. The van der Waals surface area contributed by atoms with Crippen molar-refractivity contribution in [1.29, 1.82) is 0 Å². The zero-order valence-corrected chi connectivity index (χ0v) is 14.7. The maximum Gasteiger partial charge on any atom is 0.172 e. The van der Waals surface area contributed by atoms with Crippen molar-refractivity contribution in [2.24, 2.45) is 5.92 Å². The average Bonchev–Trinajstić information content (AvgIpc) is 2.36. The lowest BCUT2D eigenvalue weighted by Gasteiger charge is -2.20. The molecule has 1 aromatic carbocycles. The molecule has 0 radical (unpaired) electrons. The molecule has 0 saturated heterocycles. The lowest BCUT2D eigenvalue weighted by molar-refractivity contribution is 0.0929. The Kier molecular flexibility index (Phi) is 6.72. The molecule has 4 nitrogen and oxygen atoms in total. The molecule has 0 aromatic heterocycles. The number of ketones is 1. The maximum atomic E-state index is 12.6. The molecule has 124 valence electrons. The van der Waals surface area contributed by atoms with Gasteiger partial charge in [-0.25, -0.2) is 0 Å². The van der Waals surface area contributed by atoms with Crippen LogP contribution >= 0.6 is 0 Å². The fourth-order valence-corrected chi connectivity index (χ4v) is 2.05. The van der Waals surface area contributed by atoms with Gasteiger partial charge in [0, 0.05) is 18.1 Å². The first-order valence-electron chi connectivity index (χ1n) is 7.94. The Morgan fingerprint density at radius 3 is 1.95 bits per heavy atom. The second-order valence-corrected chi connectivity index (χ2v) is 6.08. The van der Waals surface area contributed by atoms with Crippen molar-refractivity contribution in [3.63, 3.8) is 0 Å². The minimum atomic E-state index is -0.134. The van der Waals surface area contributed by atoms with E-state index < -0.39 is 0 Å². The van der Waals surface area contributed by atoms with Crippen LogP contribution in [-0.2, 0) is 0 Å². The highest BCUT2D eigenvalue weighted by Crippen LogP contribution is 2.37. The van der Waals surface area contributed by atoms with E-state index in [-0.39, 0.29) is 23.9 Å². The molecule has 0 heterocycles. The van der Waals surface area contributed by atoms with Crippen LogP contribution in [0, 0.1) is 5.92 Å². The molecule has 0 fully saturated rings. The van der Waals surface area contributed by atoms with E-state index in [2.05, 4.69) is 0 Å². The van der Waals surface area contributed by atoms with Crippen LogP contribution in [0.5, 0.6) is 17.2 Å². The van der Waals surface area contributed by atoms with Gasteiger partial charge in [-0.15, -0.1) is 0 Å². The van der Waals surface area contributed by atoms with Crippen LogP contribution < -0.4 is 14.2 Å². The predicted octanol–water partition coefficient (Wildman–Crippen LogP) is 4.50. The molecule has 0 aliphatic heterocycles. The molecule has 1 aromatic rings. The highest BCUT2D eigenvalue weighted by Gasteiger charge is 2.24. The van der Waals surface area contributed by atoms with Crippen LogP contribution in [-0.4, -0.2) is 24.6 Å². The van der Waals surface area contributed by atoms with Crippen molar-refractivity contribution < 1.29 is 19.0 Å². The fourth-order valence-electron chi connectivity index (χ4n) is 2.05. The minimum absolute atomic E-state index is 0.00944. The van der Waals surface area contributed by atoms with Crippen molar-refractivity contribution in [3.8, 4) is 17.2 Å². The largest absolute Gasteiger partial charge is 0.493 e. The van der Waals surface area contributed by atoms with Gasteiger partial charge in [-0.3, -0.25) is 4.79 Å². The number of Topliss-reactive ketones (excluding diaryl/α,β-unsaturated/α-hetero) is 1. The SMILES string of the molecule is CCOc1cc(OC(C)C)cc(OC(C)C)c1C(=O)C(C)C. The Morgan fingerprint density at radius 2 is 1.50 bits per heavy atom. The van der Waals surface area contributed by atoms with Gasteiger partial charge in [-0.2, -0.15) is 0 Å². The fraction of sp³-hybridized carbons (Fsp3) is 0.611. The molecule has 0 saturated carbocycles. The molecule has 1 rings (SSSR count). The number of hydrogen-bond donors (Lipinski definition) is 0. The lowest BCUT2D eigenvalue weighted by Crippen LogP contribution is -2.16. The quantitative estimate of drug-likeness (QED) is 0.663. The summed E-state index contributed by atoms with van der Waals surface area (Å²) in [5.41, 5.74) is 0.502. The second-order valence-electron chi connectivity index (χ2n) is 6.08. The van der Waals surface area contributed by atoms with Crippen LogP contribution in [0.4, 0.5) is 0 Å². The molecular weight excluding hydrogens is 280 g/mol. The summed E-state index contributed by atoms with van der Waals surface area (Å²) in [7, 11) is 0. The third-order valence-corrected chi connectivity index (χ3v) is 2.84. The van der Waals surface area contributed by atoms with Crippen LogP contribution in [0.2, 0.25) is 0 Å². The van der Waals surface area contributed by atoms with Crippen molar-refractivity contribution in [3.05, 3.63) is 17.7 Å². The number of carbonyl (C=O) groups excluding carboxylic acids is 1. The average molecular weight is 308 g/mol. The maximum absolute atomic E-state index is 12.6. The van der Waals surface area contributed by atoms with Crippen molar-refractivity contribution >= 4 is 5.78 Å². The number of ether oxygens (including phenoxy) is 3. The Balaban J connectivity index is 3.43. The first kappa shape index (κ1) is 18.3. The summed E-state index contributed by atoms with van der Waals surface area (Å²) in [6, 6.07) is 3.55. The molecule has 0 spiro atoms.